The van der Waals surface area contributed by atoms with Gasteiger partial charge in [0.15, 0.2) is 0 Å². The Kier molecular flexibility index (Phi) is 9.38. The summed E-state index contributed by atoms with van der Waals surface area (Å²) in [6.07, 6.45) is 3.38. The van der Waals surface area contributed by atoms with Crippen LogP contribution in [-0.2, 0) is 25.2 Å². The number of aromatic hydroxyl groups is 2. The van der Waals surface area contributed by atoms with Gasteiger partial charge in [0.2, 0.25) is 0 Å². The van der Waals surface area contributed by atoms with Crippen molar-refractivity contribution in [2.75, 3.05) is 0 Å². The van der Waals surface area contributed by atoms with Gasteiger partial charge in [-0.2, -0.15) is 0 Å². The van der Waals surface area contributed by atoms with E-state index >= 15 is 0 Å². The second-order valence-electron chi connectivity index (χ2n) is 5.08. The number of para-hydroxylation sites is 2. The third kappa shape index (κ3) is 6.00. The molecule has 4 rings (SSSR count). The molecule has 27 heavy (non-hydrogen) atoms. The van der Waals surface area contributed by atoms with Crippen LogP contribution in [0, 0.1) is 0 Å². The number of phenolic OH excluding ortho intramolecular Hbond substituents is 2. The number of hydrogen-bond donors (Lipinski definition) is 2. The Balaban J connectivity index is 0.000000242. The number of pyridine rings is 2. The van der Waals surface area contributed by atoms with Crippen LogP contribution in [0.5, 0.6) is 11.5 Å². The smallest absolute Gasteiger partial charge is 0.141 e. The molecule has 2 aromatic heterocycles. The molecular formula is C21H16N2O3Re-. The molecule has 0 aliphatic carbocycles. The van der Waals surface area contributed by atoms with Crippen LogP contribution in [0.3, 0.4) is 0 Å². The van der Waals surface area contributed by atoms with Crippen molar-refractivity contribution in [3.63, 3.8) is 0 Å². The SMILES string of the molecule is Oc1cccc2cccnc12.Oc1ccccc1-c1ccccn1.[C-]=O.[Re]. The maximum Gasteiger partial charge on any atom is 0.141 e. The number of phenols is 2. The van der Waals surface area contributed by atoms with Crippen LogP contribution in [0.2, 0.25) is 0 Å². The Bertz CT molecular complexity index is 960. The number of hydrogen-bond acceptors (Lipinski definition) is 5. The van der Waals surface area contributed by atoms with Gasteiger partial charge in [-0.3, -0.25) is 9.97 Å². The number of nitrogens with zero attached hydrogens (tertiary/aromatic N) is 2. The predicted molar refractivity (Wildman–Crippen MR) is 100 cm³/mol. The zero-order valence-electron chi connectivity index (χ0n) is 14.2. The molecule has 2 aromatic carbocycles. The van der Waals surface area contributed by atoms with Crippen molar-refractivity contribution in [2.45, 2.75) is 0 Å². The fourth-order valence-electron chi connectivity index (χ4n) is 2.30. The van der Waals surface area contributed by atoms with Gasteiger partial charge in [0.05, 0.1) is 5.69 Å². The zero-order chi connectivity index (χ0) is 18.8. The van der Waals surface area contributed by atoms with E-state index in [1.54, 1.807) is 36.7 Å². The molecule has 4 aromatic rings. The number of benzene rings is 2. The summed E-state index contributed by atoms with van der Waals surface area (Å²) in [4.78, 5) is 15.7. The molecule has 0 atom stereocenters. The molecule has 2 N–H and O–H groups in total. The molecular weight excluding hydrogens is 514 g/mol. The molecule has 2 heterocycles. The minimum atomic E-state index is 0. The van der Waals surface area contributed by atoms with Gasteiger partial charge in [-0.05, 0) is 36.4 Å². The summed E-state index contributed by atoms with van der Waals surface area (Å²) in [7, 11) is 0. The molecule has 0 spiro atoms. The van der Waals surface area contributed by atoms with Crippen LogP contribution in [0.1, 0.15) is 0 Å². The van der Waals surface area contributed by atoms with Gasteiger partial charge in [-0.25, -0.2) is 0 Å². The largest absolute Gasteiger partial charge is 0.573 e. The molecule has 136 valence electrons. The second kappa shape index (κ2) is 11.5. The number of fused-ring (bicyclic) bond motifs is 1. The Morgan fingerprint density at radius 2 is 1.30 bits per heavy atom. The van der Waals surface area contributed by atoms with Crippen molar-refractivity contribution in [3.05, 3.63) is 85.2 Å². The van der Waals surface area contributed by atoms with Gasteiger partial charge in [-0.1, -0.05) is 36.4 Å². The van der Waals surface area contributed by atoms with E-state index in [1.807, 2.05) is 48.5 Å². The Hall–Kier alpha value is -3.07. The molecule has 2 radical (unpaired) electrons. The number of aromatic nitrogens is 2. The van der Waals surface area contributed by atoms with Gasteiger partial charge in [0, 0.05) is 43.8 Å². The van der Waals surface area contributed by atoms with Crippen LogP contribution in [-0.4, -0.2) is 27.0 Å². The summed E-state index contributed by atoms with van der Waals surface area (Å²) in [5.41, 5.74) is 2.22. The fraction of sp³-hybridized carbons (Fsp3) is 0. The molecule has 0 saturated heterocycles. The summed E-state index contributed by atoms with van der Waals surface area (Å²) >= 11 is 0. The van der Waals surface area contributed by atoms with Gasteiger partial charge >= 0.3 is 0 Å². The molecule has 0 saturated carbocycles. The second-order valence-corrected chi connectivity index (χ2v) is 5.08. The van der Waals surface area contributed by atoms with Crippen molar-refractivity contribution in [3.8, 4) is 22.8 Å². The predicted octanol–water partition coefficient (Wildman–Crippen LogP) is 4.00. The van der Waals surface area contributed by atoms with Crippen LogP contribution >= 0.6 is 0 Å². The molecule has 0 aliphatic heterocycles. The van der Waals surface area contributed by atoms with Crippen LogP contribution in [0.4, 0.5) is 0 Å². The minimum absolute atomic E-state index is 0. The first kappa shape index (κ1) is 22.0. The quantitative estimate of drug-likeness (QED) is 0.364. The monoisotopic (exact) mass is 531 g/mol. The maximum absolute atomic E-state index is 9.52. The van der Waals surface area contributed by atoms with E-state index in [0.29, 0.717) is 5.52 Å². The third-order valence-corrected chi connectivity index (χ3v) is 3.46. The van der Waals surface area contributed by atoms with Gasteiger partial charge in [0.25, 0.3) is 0 Å². The molecule has 0 amide bonds. The zero-order valence-corrected chi connectivity index (χ0v) is 16.9. The first-order valence-corrected chi connectivity index (χ1v) is 7.68. The van der Waals surface area contributed by atoms with E-state index in [1.165, 1.54) is 0 Å². The maximum atomic E-state index is 9.52. The van der Waals surface area contributed by atoms with Crippen molar-refractivity contribution in [1.82, 2.24) is 9.97 Å². The molecule has 0 unspecified atom stereocenters. The van der Waals surface area contributed by atoms with E-state index in [4.69, 9.17) is 4.79 Å². The first-order chi connectivity index (χ1) is 12.8. The summed E-state index contributed by atoms with van der Waals surface area (Å²) in [5, 5.41) is 19.8. The summed E-state index contributed by atoms with van der Waals surface area (Å²) in [5.74, 6) is 0.504. The minimum Gasteiger partial charge on any atom is -0.573 e. The average Bonchev–Trinajstić information content (AvgIpc) is 2.72. The van der Waals surface area contributed by atoms with Gasteiger partial charge < -0.3 is 21.8 Å². The van der Waals surface area contributed by atoms with Crippen LogP contribution in [0.15, 0.2) is 85.2 Å². The summed E-state index contributed by atoms with van der Waals surface area (Å²) in [6.45, 7) is 4.50. The molecule has 0 aliphatic rings. The van der Waals surface area contributed by atoms with Crippen molar-refractivity contribution in [1.29, 1.82) is 0 Å². The topological polar surface area (TPSA) is 83.3 Å². The van der Waals surface area contributed by atoms with E-state index in [0.717, 1.165) is 16.6 Å². The van der Waals surface area contributed by atoms with Crippen LogP contribution < -0.4 is 0 Å². The normalized spacial score (nSPS) is 9.04. The average molecular weight is 531 g/mol. The Labute approximate surface area is 171 Å². The van der Waals surface area contributed by atoms with Gasteiger partial charge in [-0.15, -0.1) is 0 Å². The van der Waals surface area contributed by atoms with Crippen molar-refractivity contribution >= 4 is 17.7 Å². The Morgan fingerprint density at radius 3 is 1.96 bits per heavy atom. The standard InChI is InChI=1S/C11H9NO.C9H7NO.CO.Re/c13-11-7-2-1-5-9(11)10-6-3-4-8-12-10;11-8-5-1-3-7-4-2-6-10-9(7)8;1-2;/h1-8,13H;1-6,11H;;/q;;-1;. The van der Waals surface area contributed by atoms with E-state index in [2.05, 4.69) is 16.8 Å². The van der Waals surface area contributed by atoms with E-state index < -0.39 is 0 Å². The van der Waals surface area contributed by atoms with E-state index in [9.17, 15) is 10.2 Å². The number of carbonyl (C=O) groups excluding carboxylic acids is 1. The molecule has 5 nitrogen and oxygen atoms in total. The molecule has 6 heteroatoms. The number of rotatable bonds is 1. The van der Waals surface area contributed by atoms with Crippen molar-refractivity contribution in [2.24, 2.45) is 0 Å². The van der Waals surface area contributed by atoms with Crippen LogP contribution in [0.25, 0.3) is 22.2 Å². The first-order valence-electron chi connectivity index (χ1n) is 7.68. The van der Waals surface area contributed by atoms with E-state index in [-0.39, 0.29) is 31.9 Å². The van der Waals surface area contributed by atoms with Gasteiger partial charge in [0.1, 0.15) is 17.0 Å². The Morgan fingerprint density at radius 1 is 0.667 bits per heavy atom. The third-order valence-electron chi connectivity index (χ3n) is 3.46. The summed E-state index contributed by atoms with van der Waals surface area (Å²) in [6, 6.07) is 21.9. The fourth-order valence-corrected chi connectivity index (χ4v) is 2.30. The molecule has 0 bridgehead atoms. The summed E-state index contributed by atoms with van der Waals surface area (Å²) < 4.78 is 0. The molecule has 0 fully saturated rings. The van der Waals surface area contributed by atoms with Crippen molar-refractivity contribution < 1.29 is 35.4 Å².